The minimum absolute atomic E-state index is 0.0475. The van der Waals surface area contributed by atoms with E-state index in [1.54, 1.807) is 0 Å². The lowest BCUT2D eigenvalue weighted by Crippen LogP contribution is -2.57. The van der Waals surface area contributed by atoms with Crippen molar-refractivity contribution in [3.63, 3.8) is 0 Å². The van der Waals surface area contributed by atoms with Gasteiger partial charge < -0.3 is 21.3 Å². The average molecular weight is 176 g/mol. The van der Waals surface area contributed by atoms with Crippen molar-refractivity contribution in [1.29, 1.82) is 0 Å². The predicted molar refractivity (Wildman–Crippen MR) is 39.7 cm³/mol. The molecule has 0 aliphatic rings. The predicted octanol–water partition coefficient (Wildman–Crippen LogP) is -2.32. The van der Waals surface area contributed by atoms with Crippen LogP contribution in [0.15, 0.2) is 0 Å². The second kappa shape index (κ2) is 4.03. The Balaban J connectivity index is 4.34. The van der Waals surface area contributed by atoms with E-state index in [9.17, 15) is 14.7 Å². The number of carbonyl (C=O) groups excluding carboxylic acids is 2. The minimum Gasteiger partial charge on any atom is -0.387 e. The van der Waals surface area contributed by atoms with Crippen LogP contribution in [-0.4, -0.2) is 34.4 Å². The molecule has 0 fully saturated rings. The van der Waals surface area contributed by atoms with Crippen LogP contribution in [0, 0.1) is 0 Å². The van der Waals surface area contributed by atoms with Crippen molar-refractivity contribution in [3.8, 4) is 0 Å². The fourth-order valence-electron chi connectivity index (χ4n) is 0.594. The van der Waals surface area contributed by atoms with Crippen molar-refractivity contribution in [2.45, 2.75) is 19.1 Å². The molecule has 1 unspecified atom stereocenters. The molecular weight excluding hydrogens is 164 g/mol. The lowest BCUT2D eigenvalue weighted by Gasteiger charge is -2.23. The van der Waals surface area contributed by atoms with Crippen LogP contribution in [0.1, 0.15) is 13.3 Å². The number of carbonyl (C=O) groups is 2. The summed E-state index contributed by atoms with van der Waals surface area (Å²) < 4.78 is 0. The molecule has 0 aromatic rings. The molecule has 2 amide bonds. The van der Waals surface area contributed by atoms with Crippen LogP contribution in [-0.2, 0) is 9.59 Å². The zero-order valence-corrected chi connectivity index (χ0v) is 6.70. The van der Waals surface area contributed by atoms with Gasteiger partial charge in [0.1, 0.15) is 6.61 Å². The van der Waals surface area contributed by atoms with Crippen molar-refractivity contribution >= 4 is 11.8 Å². The molecule has 1 atom stereocenters. The number of aliphatic hydroxyl groups excluding tert-OH is 1. The van der Waals surface area contributed by atoms with Gasteiger partial charge in [0.2, 0.25) is 11.6 Å². The van der Waals surface area contributed by atoms with Crippen molar-refractivity contribution in [3.05, 3.63) is 0 Å². The first kappa shape index (κ1) is 10.9. The van der Waals surface area contributed by atoms with E-state index in [1.165, 1.54) is 6.92 Å². The van der Waals surface area contributed by atoms with Crippen LogP contribution in [0.25, 0.3) is 0 Å². The van der Waals surface area contributed by atoms with Crippen LogP contribution in [0.4, 0.5) is 0 Å². The molecular formula is C6H12N2O4. The monoisotopic (exact) mass is 176 g/mol. The lowest BCUT2D eigenvalue weighted by molar-refractivity contribution is -0.148. The SMILES string of the molecule is CCC(O)(NC(=O)CO)C(N)=O. The quantitative estimate of drug-likeness (QED) is 0.360. The molecule has 0 aromatic heterocycles. The van der Waals surface area contributed by atoms with Gasteiger partial charge in [0.05, 0.1) is 0 Å². The van der Waals surface area contributed by atoms with E-state index in [2.05, 4.69) is 0 Å². The Morgan fingerprint density at radius 1 is 1.58 bits per heavy atom. The zero-order valence-electron chi connectivity index (χ0n) is 6.70. The van der Waals surface area contributed by atoms with Gasteiger partial charge in [-0.3, -0.25) is 9.59 Å². The topological polar surface area (TPSA) is 113 Å². The van der Waals surface area contributed by atoms with Crippen LogP contribution in [0.2, 0.25) is 0 Å². The Morgan fingerprint density at radius 2 is 2.08 bits per heavy atom. The Hall–Kier alpha value is -1.14. The summed E-state index contributed by atoms with van der Waals surface area (Å²) in [7, 11) is 0. The second-order valence-electron chi connectivity index (χ2n) is 2.28. The first-order valence-corrected chi connectivity index (χ1v) is 3.40. The maximum absolute atomic E-state index is 10.6. The maximum Gasteiger partial charge on any atom is 0.270 e. The third-order valence-electron chi connectivity index (χ3n) is 1.41. The summed E-state index contributed by atoms with van der Waals surface area (Å²) in [6.07, 6.45) is -0.0475. The van der Waals surface area contributed by atoms with Crippen molar-refractivity contribution in [2.24, 2.45) is 5.73 Å². The van der Waals surface area contributed by atoms with Crippen molar-refractivity contribution in [2.75, 3.05) is 6.61 Å². The summed E-state index contributed by atoms with van der Waals surface area (Å²) in [6, 6.07) is 0. The van der Waals surface area contributed by atoms with Crippen LogP contribution in [0.3, 0.4) is 0 Å². The average Bonchev–Trinajstić information content (AvgIpc) is 2.03. The number of hydrogen-bond acceptors (Lipinski definition) is 4. The van der Waals surface area contributed by atoms with Gasteiger partial charge in [-0.25, -0.2) is 0 Å². The zero-order chi connectivity index (χ0) is 9.78. The molecule has 6 heteroatoms. The number of hydrogen-bond donors (Lipinski definition) is 4. The van der Waals surface area contributed by atoms with E-state index in [1.807, 2.05) is 5.32 Å². The van der Waals surface area contributed by atoms with Gasteiger partial charge in [-0.2, -0.15) is 0 Å². The fourth-order valence-corrected chi connectivity index (χ4v) is 0.594. The summed E-state index contributed by atoms with van der Waals surface area (Å²) in [5.74, 6) is -1.90. The van der Waals surface area contributed by atoms with Crippen molar-refractivity contribution in [1.82, 2.24) is 5.32 Å². The number of amides is 2. The normalized spacial score (nSPS) is 14.9. The maximum atomic E-state index is 10.6. The summed E-state index contributed by atoms with van der Waals surface area (Å²) in [5.41, 5.74) is 2.74. The molecule has 0 saturated carbocycles. The third kappa shape index (κ3) is 2.48. The van der Waals surface area contributed by atoms with E-state index < -0.39 is 24.1 Å². The van der Waals surface area contributed by atoms with E-state index in [4.69, 9.17) is 10.8 Å². The molecule has 0 rings (SSSR count). The number of nitrogens with two attached hydrogens (primary N) is 1. The summed E-state index contributed by atoms with van der Waals surface area (Å²) in [4.78, 5) is 21.1. The van der Waals surface area contributed by atoms with Crippen LogP contribution >= 0.6 is 0 Å². The standard InChI is InChI=1S/C6H12N2O4/c1-2-6(12,5(7)11)8-4(10)3-9/h9,12H,2-3H2,1H3,(H2,7,11)(H,8,10). The highest BCUT2D eigenvalue weighted by Crippen LogP contribution is 2.03. The van der Waals surface area contributed by atoms with E-state index >= 15 is 0 Å². The van der Waals surface area contributed by atoms with Gasteiger partial charge in [-0.1, -0.05) is 6.92 Å². The first-order valence-electron chi connectivity index (χ1n) is 3.40. The van der Waals surface area contributed by atoms with Crippen molar-refractivity contribution < 1.29 is 19.8 Å². The lowest BCUT2D eigenvalue weighted by atomic mass is 10.1. The van der Waals surface area contributed by atoms with Gasteiger partial charge in [0.25, 0.3) is 5.91 Å². The Labute approximate surface area is 69.4 Å². The summed E-state index contributed by atoms with van der Waals surface area (Å²) in [5, 5.41) is 19.5. The molecule has 0 saturated heterocycles. The highest BCUT2D eigenvalue weighted by molar-refractivity contribution is 5.88. The molecule has 5 N–H and O–H groups in total. The van der Waals surface area contributed by atoms with Gasteiger partial charge in [-0.15, -0.1) is 0 Å². The Bertz CT molecular complexity index is 194. The third-order valence-corrected chi connectivity index (χ3v) is 1.41. The first-order chi connectivity index (χ1) is 5.46. The highest BCUT2D eigenvalue weighted by Gasteiger charge is 2.33. The number of rotatable bonds is 4. The molecule has 0 aliphatic heterocycles. The molecule has 6 nitrogen and oxygen atoms in total. The molecule has 0 aliphatic carbocycles. The van der Waals surface area contributed by atoms with Crippen LogP contribution < -0.4 is 11.1 Å². The number of nitrogens with one attached hydrogen (secondary N) is 1. The molecule has 0 radical (unpaired) electrons. The molecule has 0 spiro atoms. The summed E-state index contributed by atoms with van der Waals surface area (Å²) >= 11 is 0. The molecule has 70 valence electrons. The molecule has 0 aromatic carbocycles. The van der Waals surface area contributed by atoms with Gasteiger partial charge in [-0.05, 0) is 0 Å². The largest absolute Gasteiger partial charge is 0.387 e. The van der Waals surface area contributed by atoms with Gasteiger partial charge in [0, 0.05) is 6.42 Å². The fraction of sp³-hybridized carbons (Fsp3) is 0.667. The highest BCUT2D eigenvalue weighted by atomic mass is 16.3. The molecule has 0 bridgehead atoms. The summed E-state index contributed by atoms with van der Waals surface area (Å²) in [6.45, 7) is 0.679. The minimum atomic E-state index is -2.06. The second-order valence-corrected chi connectivity index (χ2v) is 2.28. The van der Waals surface area contributed by atoms with E-state index in [0.29, 0.717) is 0 Å². The van der Waals surface area contributed by atoms with E-state index in [0.717, 1.165) is 0 Å². The number of aliphatic hydroxyl groups is 2. The number of primary amides is 1. The molecule has 12 heavy (non-hydrogen) atoms. The van der Waals surface area contributed by atoms with Gasteiger partial charge >= 0.3 is 0 Å². The smallest absolute Gasteiger partial charge is 0.270 e. The molecule has 0 heterocycles. The van der Waals surface area contributed by atoms with Crippen LogP contribution in [0.5, 0.6) is 0 Å². The van der Waals surface area contributed by atoms with Gasteiger partial charge in [0.15, 0.2) is 0 Å². The van der Waals surface area contributed by atoms with E-state index in [-0.39, 0.29) is 6.42 Å². The Kier molecular flexibility index (Phi) is 3.65. The Morgan fingerprint density at radius 3 is 2.33 bits per heavy atom.